The van der Waals surface area contributed by atoms with E-state index in [-0.39, 0.29) is 25.0 Å². The fourth-order valence-corrected chi connectivity index (χ4v) is 3.56. The molecule has 1 aliphatic rings. The van der Waals surface area contributed by atoms with E-state index < -0.39 is 6.09 Å². The highest BCUT2D eigenvalue weighted by Crippen LogP contribution is 2.24. The zero-order chi connectivity index (χ0) is 15.5. The van der Waals surface area contributed by atoms with Gasteiger partial charge in [0.1, 0.15) is 6.61 Å². The fraction of sp³-hybridized carbons (Fsp3) is 0.250. The average Bonchev–Trinajstić information content (AvgIpc) is 3.06. The van der Waals surface area contributed by atoms with Gasteiger partial charge in [0.2, 0.25) is 5.91 Å². The molecular weight excluding hydrogens is 322 g/mol. The number of ether oxygens (including phenoxy) is 1. The number of thiophene rings is 1. The molecule has 1 aliphatic heterocycles. The van der Waals surface area contributed by atoms with Crippen LogP contribution in [0.1, 0.15) is 10.4 Å². The van der Waals surface area contributed by atoms with E-state index in [2.05, 4.69) is 0 Å². The van der Waals surface area contributed by atoms with E-state index in [1.807, 2.05) is 30.3 Å². The van der Waals surface area contributed by atoms with Gasteiger partial charge in [-0.15, -0.1) is 11.3 Å². The van der Waals surface area contributed by atoms with E-state index in [0.717, 1.165) is 10.4 Å². The van der Waals surface area contributed by atoms with Gasteiger partial charge in [0.15, 0.2) is 0 Å². The summed E-state index contributed by atoms with van der Waals surface area (Å²) in [7, 11) is 0. The van der Waals surface area contributed by atoms with Crippen LogP contribution in [0.5, 0.6) is 0 Å². The van der Waals surface area contributed by atoms with Crippen molar-refractivity contribution in [2.75, 3.05) is 6.61 Å². The number of carbonyl (C=O) groups excluding carboxylic acids is 2. The fourth-order valence-electron chi connectivity index (χ4n) is 2.48. The Morgan fingerprint density at radius 1 is 1.27 bits per heavy atom. The molecule has 0 saturated carbocycles. The molecule has 1 atom stereocenters. The minimum atomic E-state index is -0.561. The first-order valence-corrected chi connectivity index (χ1v) is 8.10. The molecule has 2 aromatic rings. The molecule has 3 rings (SSSR count). The molecule has 0 bridgehead atoms. The molecular formula is C16H14ClNO3S. The number of rotatable bonds is 4. The van der Waals surface area contributed by atoms with Gasteiger partial charge in [-0.1, -0.05) is 41.9 Å². The maximum Gasteiger partial charge on any atom is 0.416 e. The zero-order valence-corrected chi connectivity index (χ0v) is 13.3. The first kappa shape index (κ1) is 15.1. The van der Waals surface area contributed by atoms with E-state index in [1.54, 1.807) is 12.1 Å². The van der Waals surface area contributed by atoms with Crippen molar-refractivity contribution >= 4 is 34.9 Å². The first-order chi connectivity index (χ1) is 10.6. The van der Waals surface area contributed by atoms with E-state index in [4.69, 9.17) is 16.3 Å². The van der Waals surface area contributed by atoms with Crippen LogP contribution in [-0.2, 0) is 22.4 Å². The monoisotopic (exact) mass is 335 g/mol. The minimum absolute atomic E-state index is 0.164. The van der Waals surface area contributed by atoms with Gasteiger partial charge < -0.3 is 4.74 Å². The summed E-state index contributed by atoms with van der Waals surface area (Å²) < 4.78 is 5.69. The number of nitrogens with zero attached hydrogens (tertiary/aromatic N) is 1. The lowest BCUT2D eigenvalue weighted by atomic mass is 10.1. The molecule has 1 unspecified atom stereocenters. The van der Waals surface area contributed by atoms with Crippen molar-refractivity contribution in [1.82, 2.24) is 4.90 Å². The van der Waals surface area contributed by atoms with Crippen LogP contribution in [-0.4, -0.2) is 29.5 Å². The third-order valence-electron chi connectivity index (χ3n) is 3.50. The van der Waals surface area contributed by atoms with Crippen molar-refractivity contribution in [3.8, 4) is 0 Å². The van der Waals surface area contributed by atoms with Crippen LogP contribution < -0.4 is 0 Å². The second-order valence-electron chi connectivity index (χ2n) is 5.07. The van der Waals surface area contributed by atoms with Crippen LogP contribution in [0.3, 0.4) is 0 Å². The normalized spacial score (nSPS) is 17.6. The van der Waals surface area contributed by atoms with Gasteiger partial charge in [-0.3, -0.25) is 4.79 Å². The summed E-state index contributed by atoms with van der Waals surface area (Å²) in [4.78, 5) is 26.4. The first-order valence-electron chi connectivity index (χ1n) is 6.90. The van der Waals surface area contributed by atoms with Crippen LogP contribution in [0, 0.1) is 0 Å². The summed E-state index contributed by atoms with van der Waals surface area (Å²) in [5, 5.41) is 0. The Morgan fingerprint density at radius 2 is 2.05 bits per heavy atom. The molecule has 4 nitrogen and oxygen atoms in total. The van der Waals surface area contributed by atoms with Gasteiger partial charge >= 0.3 is 6.09 Å². The molecule has 0 N–H and O–H groups in total. The summed E-state index contributed by atoms with van der Waals surface area (Å²) in [6, 6.07) is 13.1. The van der Waals surface area contributed by atoms with Crippen molar-refractivity contribution in [3.05, 3.63) is 57.2 Å². The lowest BCUT2D eigenvalue weighted by Crippen LogP contribution is -2.41. The highest BCUT2D eigenvalue weighted by molar-refractivity contribution is 7.16. The number of imide groups is 1. The molecule has 2 heterocycles. The Hall–Kier alpha value is -1.85. The molecule has 114 valence electrons. The van der Waals surface area contributed by atoms with Crippen LogP contribution >= 0.6 is 22.9 Å². The molecule has 2 amide bonds. The topological polar surface area (TPSA) is 46.6 Å². The van der Waals surface area contributed by atoms with Crippen LogP contribution in [0.2, 0.25) is 4.34 Å². The third-order valence-corrected chi connectivity index (χ3v) is 4.73. The minimum Gasteiger partial charge on any atom is -0.447 e. The quantitative estimate of drug-likeness (QED) is 0.858. The van der Waals surface area contributed by atoms with Crippen LogP contribution in [0.4, 0.5) is 4.79 Å². The Kier molecular flexibility index (Phi) is 4.45. The maximum absolute atomic E-state index is 12.4. The lowest BCUT2D eigenvalue weighted by Gasteiger charge is -2.19. The number of cyclic esters (lactones) is 1. The maximum atomic E-state index is 12.4. The molecule has 6 heteroatoms. The standard InChI is InChI=1S/C16H14ClNO3S/c17-14-7-6-13(22-14)9-15(19)18-12(10-21-16(18)20)8-11-4-2-1-3-5-11/h1-7,12H,8-10H2. The third kappa shape index (κ3) is 3.31. The number of hydrogen-bond acceptors (Lipinski definition) is 4. The summed E-state index contributed by atoms with van der Waals surface area (Å²) in [5.41, 5.74) is 1.07. The number of carbonyl (C=O) groups is 2. The molecule has 1 fully saturated rings. The molecule has 0 aliphatic carbocycles. The molecule has 22 heavy (non-hydrogen) atoms. The summed E-state index contributed by atoms with van der Waals surface area (Å²) in [6.45, 7) is 0.241. The average molecular weight is 336 g/mol. The predicted octanol–water partition coefficient (Wildman–Crippen LogP) is 3.53. The second kappa shape index (κ2) is 6.50. The van der Waals surface area contributed by atoms with E-state index in [9.17, 15) is 9.59 Å². The number of hydrogen-bond donors (Lipinski definition) is 0. The van der Waals surface area contributed by atoms with E-state index >= 15 is 0 Å². The summed E-state index contributed by atoms with van der Waals surface area (Å²) in [5.74, 6) is -0.248. The molecule has 1 aromatic carbocycles. The van der Waals surface area contributed by atoms with Crippen LogP contribution in [0.25, 0.3) is 0 Å². The number of benzene rings is 1. The SMILES string of the molecule is O=C(Cc1ccc(Cl)s1)N1C(=O)OCC1Cc1ccccc1. The Balaban J connectivity index is 1.71. The predicted molar refractivity (Wildman–Crippen MR) is 85.2 cm³/mol. The van der Waals surface area contributed by atoms with Crippen molar-refractivity contribution in [2.45, 2.75) is 18.9 Å². The number of amides is 2. The molecule has 0 radical (unpaired) electrons. The Bertz CT molecular complexity index is 686. The van der Waals surface area contributed by atoms with Gasteiger partial charge in [-0.25, -0.2) is 9.69 Å². The molecule has 1 saturated heterocycles. The summed E-state index contributed by atoms with van der Waals surface area (Å²) >= 11 is 7.22. The second-order valence-corrected chi connectivity index (χ2v) is 6.87. The summed E-state index contributed by atoms with van der Waals surface area (Å²) in [6.07, 6.45) is 0.204. The van der Waals surface area contributed by atoms with Gasteiger partial charge in [0.05, 0.1) is 16.8 Å². The van der Waals surface area contributed by atoms with E-state index in [1.165, 1.54) is 16.2 Å². The molecule has 1 aromatic heterocycles. The van der Waals surface area contributed by atoms with Gasteiger partial charge in [-0.2, -0.15) is 0 Å². The Morgan fingerprint density at radius 3 is 2.73 bits per heavy atom. The Labute approximate surface area is 137 Å². The van der Waals surface area contributed by atoms with Gasteiger partial charge in [-0.05, 0) is 24.1 Å². The highest BCUT2D eigenvalue weighted by atomic mass is 35.5. The van der Waals surface area contributed by atoms with Crippen LogP contribution in [0.15, 0.2) is 42.5 Å². The zero-order valence-electron chi connectivity index (χ0n) is 11.7. The lowest BCUT2D eigenvalue weighted by molar-refractivity contribution is -0.128. The highest BCUT2D eigenvalue weighted by Gasteiger charge is 2.37. The van der Waals surface area contributed by atoms with Crippen molar-refractivity contribution in [1.29, 1.82) is 0 Å². The molecule has 0 spiro atoms. The van der Waals surface area contributed by atoms with Gasteiger partial charge in [0.25, 0.3) is 0 Å². The van der Waals surface area contributed by atoms with Crippen molar-refractivity contribution < 1.29 is 14.3 Å². The van der Waals surface area contributed by atoms with Gasteiger partial charge in [0, 0.05) is 4.88 Å². The smallest absolute Gasteiger partial charge is 0.416 e. The van der Waals surface area contributed by atoms with Crippen molar-refractivity contribution in [2.24, 2.45) is 0 Å². The van der Waals surface area contributed by atoms with E-state index in [0.29, 0.717) is 10.8 Å². The van der Waals surface area contributed by atoms with Crippen molar-refractivity contribution in [3.63, 3.8) is 0 Å². The number of halogens is 1. The largest absolute Gasteiger partial charge is 0.447 e.